The molecular weight excluding hydrogens is 262 g/mol. The first-order valence-corrected chi connectivity index (χ1v) is 6.11. The summed E-state index contributed by atoms with van der Waals surface area (Å²) in [5.41, 5.74) is 0.937. The molecule has 0 spiro atoms. The maximum Gasteiger partial charge on any atom is 0.287 e. The van der Waals surface area contributed by atoms with Crippen LogP contribution in [0, 0.1) is 10.1 Å². The Morgan fingerprint density at radius 2 is 2.35 bits per heavy atom. The minimum atomic E-state index is -0.509. The Morgan fingerprint density at radius 1 is 1.60 bits per heavy atom. The average Bonchev–Trinajstić information content (AvgIpc) is 3.04. The van der Waals surface area contributed by atoms with Crippen LogP contribution in [-0.4, -0.2) is 25.6 Å². The number of hydrogen-bond donors (Lipinski definition) is 2. The zero-order valence-electron chi connectivity index (χ0n) is 11.2. The van der Waals surface area contributed by atoms with Gasteiger partial charge in [-0.05, 0) is 19.9 Å². The third-order valence-electron chi connectivity index (χ3n) is 2.83. The van der Waals surface area contributed by atoms with Gasteiger partial charge in [-0.1, -0.05) is 0 Å². The summed E-state index contributed by atoms with van der Waals surface area (Å²) in [6.07, 6.45) is 2.96. The largest absolute Gasteiger partial charge is 0.345 e. The average molecular weight is 277 g/mol. The highest BCUT2D eigenvalue weighted by molar-refractivity contribution is 5.93. The minimum Gasteiger partial charge on any atom is -0.345 e. The second-order valence-electron chi connectivity index (χ2n) is 4.61. The van der Waals surface area contributed by atoms with Crippen LogP contribution < -0.4 is 5.32 Å². The van der Waals surface area contributed by atoms with E-state index in [9.17, 15) is 14.9 Å². The number of amides is 1. The maximum atomic E-state index is 12.1. The summed E-state index contributed by atoms with van der Waals surface area (Å²) < 4.78 is 1.58. The molecule has 0 aromatic carbocycles. The number of carbonyl (C=O) groups is 1. The van der Waals surface area contributed by atoms with Gasteiger partial charge < -0.3 is 9.88 Å². The lowest BCUT2D eigenvalue weighted by molar-refractivity contribution is -0.384. The Hall–Kier alpha value is -2.64. The van der Waals surface area contributed by atoms with E-state index >= 15 is 0 Å². The van der Waals surface area contributed by atoms with Gasteiger partial charge in [0, 0.05) is 18.3 Å². The lowest BCUT2D eigenvalue weighted by Crippen LogP contribution is -2.26. The summed E-state index contributed by atoms with van der Waals surface area (Å²) in [6, 6.07) is 2.98. The topological polar surface area (TPSA) is 106 Å². The quantitative estimate of drug-likeness (QED) is 0.639. The van der Waals surface area contributed by atoms with Crippen molar-refractivity contribution >= 4 is 11.6 Å². The van der Waals surface area contributed by atoms with Gasteiger partial charge in [-0.15, -0.1) is 0 Å². The SMILES string of the molecule is CC(C)n1cc([N+](=O)[O-])cc1C(=O)NCc1ccn[nH]1. The van der Waals surface area contributed by atoms with Gasteiger partial charge in [0.15, 0.2) is 0 Å². The van der Waals surface area contributed by atoms with Crippen molar-refractivity contribution in [1.82, 2.24) is 20.1 Å². The van der Waals surface area contributed by atoms with Gasteiger partial charge in [-0.2, -0.15) is 5.10 Å². The number of aromatic amines is 1. The molecule has 0 aliphatic carbocycles. The fraction of sp³-hybridized carbons (Fsp3) is 0.333. The molecule has 0 unspecified atom stereocenters. The molecule has 0 bridgehead atoms. The third-order valence-corrected chi connectivity index (χ3v) is 2.83. The standard InChI is InChI=1S/C12H15N5O3/c1-8(2)16-7-10(17(19)20)5-11(16)12(18)13-6-9-3-4-14-15-9/h3-5,7-8H,6H2,1-2H3,(H,13,18)(H,14,15). The Bertz CT molecular complexity index is 615. The van der Waals surface area contributed by atoms with E-state index in [2.05, 4.69) is 15.5 Å². The van der Waals surface area contributed by atoms with Gasteiger partial charge in [0.25, 0.3) is 11.6 Å². The lowest BCUT2D eigenvalue weighted by Gasteiger charge is -2.11. The molecule has 2 aromatic rings. The van der Waals surface area contributed by atoms with Crippen LogP contribution in [0.1, 0.15) is 36.1 Å². The molecule has 2 heterocycles. The zero-order chi connectivity index (χ0) is 14.7. The Kier molecular flexibility index (Phi) is 3.83. The molecule has 0 aliphatic heterocycles. The second kappa shape index (κ2) is 5.55. The molecule has 0 saturated heterocycles. The normalized spacial score (nSPS) is 10.8. The Morgan fingerprint density at radius 3 is 2.90 bits per heavy atom. The molecule has 2 aromatic heterocycles. The summed E-state index contributed by atoms with van der Waals surface area (Å²) in [5, 5.41) is 20.0. The van der Waals surface area contributed by atoms with Crippen LogP contribution in [-0.2, 0) is 6.54 Å². The number of rotatable bonds is 5. The molecule has 0 saturated carbocycles. The fourth-order valence-corrected chi connectivity index (χ4v) is 1.82. The molecule has 2 rings (SSSR count). The van der Waals surface area contributed by atoms with Crippen molar-refractivity contribution in [3.8, 4) is 0 Å². The molecule has 2 N–H and O–H groups in total. The van der Waals surface area contributed by atoms with Crippen molar-refractivity contribution in [1.29, 1.82) is 0 Å². The third kappa shape index (κ3) is 2.85. The van der Waals surface area contributed by atoms with E-state index in [4.69, 9.17) is 0 Å². The summed E-state index contributed by atoms with van der Waals surface area (Å²) in [7, 11) is 0. The van der Waals surface area contributed by atoms with Gasteiger partial charge in [-0.3, -0.25) is 20.0 Å². The molecule has 0 fully saturated rings. The van der Waals surface area contributed by atoms with E-state index in [-0.39, 0.29) is 29.9 Å². The van der Waals surface area contributed by atoms with Gasteiger partial charge in [-0.25, -0.2) is 0 Å². The van der Waals surface area contributed by atoms with Crippen molar-refractivity contribution in [2.45, 2.75) is 26.4 Å². The van der Waals surface area contributed by atoms with E-state index in [1.54, 1.807) is 16.8 Å². The molecular formula is C12H15N5O3. The molecule has 0 aliphatic rings. The van der Waals surface area contributed by atoms with Crippen LogP contribution in [0.15, 0.2) is 24.5 Å². The molecule has 8 nitrogen and oxygen atoms in total. The molecule has 8 heteroatoms. The zero-order valence-corrected chi connectivity index (χ0v) is 11.2. The molecule has 1 amide bonds. The summed E-state index contributed by atoms with van der Waals surface area (Å²) in [4.78, 5) is 22.4. The first kappa shape index (κ1) is 13.8. The number of aromatic nitrogens is 3. The lowest BCUT2D eigenvalue weighted by atomic mass is 10.3. The fourth-order valence-electron chi connectivity index (χ4n) is 1.82. The highest BCUT2D eigenvalue weighted by atomic mass is 16.6. The van der Waals surface area contributed by atoms with Crippen LogP contribution in [0.3, 0.4) is 0 Å². The van der Waals surface area contributed by atoms with Crippen molar-refractivity contribution in [3.05, 3.63) is 46.0 Å². The first-order chi connectivity index (χ1) is 9.49. The smallest absolute Gasteiger partial charge is 0.287 e. The first-order valence-electron chi connectivity index (χ1n) is 6.11. The Balaban J connectivity index is 2.17. The van der Waals surface area contributed by atoms with Crippen LogP contribution >= 0.6 is 0 Å². The van der Waals surface area contributed by atoms with Crippen LogP contribution in [0.5, 0.6) is 0 Å². The number of carbonyl (C=O) groups excluding carboxylic acids is 1. The van der Waals surface area contributed by atoms with Gasteiger partial charge in [0.05, 0.1) is 23.4 Å². The summed E-state index contributed by atoms with van der Waals surface area (Å²) in [5.74, 6) is -0.360. The minimum absolute atomic E-state index is 0.0448. The van der Waals surface area contributed by atoms with Gasteiger partial charge in [0.2, 0.25) is 0 Å². The predicted molar refractivity (Wildman–Crippen MR) is 71.2 cm³/mol. The van der Waals surface area contributed by atoms with Crippen LogP contribution in [0.2, 0.25) is 0 Å². The molecule has 0 atom stereocenters. The molecule has 0 radical (unpaired) electrons. The number of hydrogen-bond acceptors (Lipinski definition) is 4. The van der Waals surface area contributed by atoms with E-state index < -0.39 is 4.92 Å². The van der Waals surface area contributed by atoms with E-state index in [1.807, 2.05) is 13.8 Å². The van der Waals surface area contributed by atoms with Gasteiger partial charge >= 0.3 is 0 Å². The second-order valence-corrected chi connectivity index (χ2v) is 4.61. The van der Waals surface area contributed by atoms with E-state index in [1.165, 1.54) is 12.3 Å². The Labute approximate surface area is 114 Å². The molecule has 106 valence electrons. The number of nitrogens with zero attached hydrogens (tertiary/aromatic N) is 3. The van der Waals surface area contributed by atoms with Crippen LogP contribution in [0.25, 0.3) is 0 Å². The highest BCUT2D eigenvalue weighted by Gasteiger charge is 2.20. The predicted octanol–water partition coefficient (Wildman–Crippen LogP) is 1.63. The summed E-state index contributed by atoms with van der Waals surface area (Å²) >= 11 is 0. The number of nitrogens with one attached hydrogen (secondary N) is 2. The highest BCUT2D eigenvalue weighted by Crippen LogP contribution is 2.20. The van der Waals surface area contributed by atoms with Crippen molar-refractivity contribution in [3.63, 3.8) is 0 Å². The maximum absolute atomic E-state index is 12.1. The van der Waals surface area contributed by atoms with Crippen molar-refractivity contribution in [2.24, 2.45) is 0 Å². The van der Waals surface area contributed by atoms with Gasteiger partial charge in [0.1, 0.15) is 5.69 Å². The number of nitro groups is 1. The number of H-pyrrole nitrogens is 1. The monoisotopic (exact) mass is 277 g/mol. The van der Waals surface area contributed by atoms with Crippen LogP contribution in [0.4, 0.5) is 5.69 Å². The van der Waals surface area contributed by atoms with E-state index in [0.717, 1.165) is 5.69 Å². The van der Waals surface area contributed by atoms with Crippen molar-refractivity contribution < 1.29 is 9.72 Å². The van der Waals surface area contributed by atoms with E-state index in [0.29, 0.717) is 0 Å². The van der Waals surface area contributed by atoms with Crippen molar-refractivity contribution in [2.75, 3.05) is 0 Å². The summed E-state index contributed by atoms with van der Waals surface area (Å²) in [6.45, 7) is 4.00. The molecule has 20 heavy (non-hydrogen) atoms.